The van der Waals surface area contributed by atoms with Gasteiger partial charge in [0.05, 0.1) is 0 Å². The Bertz CT molecular complexity index is 533. The van der Waals surface area contributed by atoms with Gasteiger partial charge < -0.3 is 11.5 Å². The number of rotatable bonds is 6. The molecule has 2 heteroatoms. The molecular formula is C26H48N2. The summed E-state index contributed by atoms with van der Waals surface area (Å²) < 4.78 is 0. The van der Waals surface area contributed by atoms with Crippen LogP contribution < -0.4 is 11.5 Å². The molecule has 4 rings (SSSR count). The van der Waals surface area contributed by atoms with E-state index < -0.39 is 0 Å². The zero-order valence-electron chi connectivity index (χ0n) is 19.1. The SMILES string of the molecule is C[C@H](CCC(N)CCN)[C@H]1CC[C@H]2[C@@H]3CCC4CCCC[C@]4(C)[C@H]3CC[C@]12C. The smallest absolute Gasteiger partial charge is 0.00509 e. The standard InChI is InChI=1S/C26H48N2/c1-18(7-9-20(28)14-17-27)22-11-12-23-21-10-8-19-6-4-5-15-25(19,2)24(21)13-16-26(22,23)3/h18-24H,4-17,27-28H2,1-3H3/t18-,19?,20?,21+,22-,23+,24+,25+,26-/m1/s1. The van der Waals surface area contributed by atoms with Gasteiger partial charge in [0.15, 0.2) is 0 Å². The highest BCUT2D eigenvalue weighted by Crippen LogP contribution is 2.68. The lowest BCUT2D eigenvalue weighted by Gasteiger charge is -2.61. The van der Waals surface area contributed by atoms with Crippen LogP contribution >= 0.6 is 0 Å². The minimum atomic E-state index is 0.315. The van der Waals surface area contributed by atoms with E-state index in [1.165, 1.54) is 64.2 Å². The summed E-state index contributed by atoms with van der Waals surface area (Å²) >= 11 is 0. The summed E-state index contributed by atoms with van der Waals surface area (Å²) in [5.41, 5.74) is 13.3. The summed E-state index contributed by atoms with van der Waals surface area (Å²) in [5.74, 6) is 5.90. The molecule has 0 spiro atoms. The Morgan fingerprint density at radius 3 is 2.39 bits per heavy atom. The average molecular weight is 389 g/mol. The van der Waals surface area contributed by atoms with Crippen molar-refractivity contribution in [3.63, 3.8) is 0 Å². The van der Waals surface area contributed by atoms with Crippen LogP contribution in [0.5, 0.6) is 0 Å². The molecule has 0 heterocycles. The van der Waals surface area contributed by atoms with Gasteiger partial charge in [-0.3, -0.25) is 0 Å². The lowest BCUT2D eigenvalue weighted by Crippen LogP contribution is -2.53. The molecule has 0 aliphatic heterocycles. The molecule has 0 radical (unpaired) electrons. The Morgan fingerprint density at radius 2 is 1.61 bits per heavy atom. The van der Waals surface area contributed by atoms with Crippen molar-refractivity contribution in [3.8, 4) is 0 Å². The molecule has 4 fully saturated rings. The molecule has 0 amide bonds. The minimum Gasteiger partial charge on any atom is -0.330 e. The maximum absolute atomic E-state index is 6.28. The van der Waals surface area contributed by atoms with Gasteiger partial charge in [0.1, 0.15) is 0 Å². The number of hydrogen-bond acceptors (Lipinski definition) is 2. The largest absolute Gasteiger partial charge is 0.330 e. The van der Waals surface area contributed by atoms with Crippen LogP contribution in [0.3, 0.4) is 0 Å². The molecule has 4 saturated carbocycles. The van der Waals surface area contributed by atoms with Crippen LogP contribution in [0.4, 0.5) is 0 Å². The zero-order valence-corrected chi connectivity index (χ0v) is 19.1. The second kappa shape index (κ2) is 8.22. The van der Waals surface area contributed by atoms with Crippen molar-refractivity contribution < 1.29 is 0 Å². The first-order valence-electron chi connectivity index (χ1n) is 12.9. The van der Waals surface area contributed by atoms with Crippen LogP contribution in [0.25, 0.3) is 0 Å². The Hall–Kier alpha value is -0.0800. The third-order valence-corrected chi connectivity index (χ3v) is 10.9. The average Bonchev–Trinajstić information content (AvgIpc) is 3.03. The molecule has 2 nitrogen and oxygen atoms in total. The van der Waals surface area contributed by atoms with Crippen molar-refractivity contribution in [2.45, 2.75) is 110 Å². The number of nitrogens with two attached hydrogens (primary N) is 2. The Labute approximate surface area is 175 Å². The Kier molecular flexibility index (Phi) is 6.21. The van der Waals surface area contributed by atoms with E-state index in [4.69, 9.17) is 11.5 Å². The van der Waals surface area contributed by atoms with Crippen molar-refractivity contribution >= 4 is 0 Å². The molecular weight excluding hydrogens is 340 g/mol. The predicted molar refractivity (Wildman–Crippen MR) is 120 cm³/mol. The highest BCUT2D eigenvalue weighted by molar-refractivity contribution is 5.09. The van der Waals surface area contributed by atoms with Crippen LogP contribution in [0.2, 0.25) is 0 Å². The van der Waals surface area contributed by atoms with Gasteiger partial charge in [-0.1, -0.05) is 33.6 Å². The molecule has 0 aromatic carbocycles. The summed E-state index contributed by atoms with van der Waals surface area (Å²) in [6, 6.07) is 0.315. The summed E-state index contributed by atoms with van der Waals surface area (Å²) in [6.45, 7) is 8.70. The molecule has 162 valence electrons. The van der Waals surface area contributed by atoms with Gasteiger partial charge in [0.25, 0.3) is 0 Å². The molecule has 4 aliphatic carbocycles. The van der Waals surface area contributed by atoms with Crippen molar-refractivity contribution in [1.29, 1.82) is 0 Å². The van der Waals surface area contributed by atoms with Crippen molar-refractivity contribution in [3.05, 3.63) is 0 Å². The fraction of sp³-hybridized carbons (Fsp3) is 1.00. The summed E-state index contributed by atoms with van der Waals surface area (Å²) in [4.78, 5) is 0. The highest BCUT2D eigenvalue weighted by Gasteiger charge is 2.60. The Balaban J connectivity index is 1.44. The zero-order chi connectivity index (χ0) is 19.9. The normalized spacial score (nSPS) is 47.7. The first-order chi connectivity index (χ1) is 13.4. The second-order valence-corrected chi connectivity index (χ2v) is 12.0. The lowest BCUT2D eigenvalue weighted by atomic mass is 9.44. The van der Waals surface area contributed by atoms with Gasteiger partial charge >= 0.3 is 0 Å². The summed E-state index contributed by atoms with van der Waals surface area (Å²) in [6.07, 6.45) is 18.7. The van der Waals surface area contributed by atoms with Crippen LogP contribution in [-0.4, -0.2) is 12.6 Å². The van der Waals surface area contributed by atoms with Gasteiger partial charge in [-0.15, -0.1) is 0 Å². The van der Waals surface area contributed by atoms with Gasteiger partial charge in [-0.2, -0.15) is 0 Å². The molecule has 4 aliphatic rings. The monoisotopic (exact) mass is 388 g/mol. The Morgan fingerprint density at radius 1 is 0.821 bits per heavy atom. The summed E-state index contributed by atoms with van der Waals surface area (Å²) in [5, 5.41) is 0. The number of fused-ring (bicyclic) bond motifs is 5. The van der Waals surface area contributed by atoms with Crippen molar-refractivity contribution in [2.24, 2.45) is 57.8 Å². The molecule has 0 aromatic heterocycles. The van der Waals surface area contributed by atoms with E-state index in [0.29, 0.717) is 16.9 Å². The van der Waals surface area contributed by atoms with E-state index in [1.54, 1.807) is 12.8 Å². The van der Waals surface area contributed by atoms with E-state index in [1.807, 2.05) is 0 Å². The fourth-order valence-electron chi connectivity index (χ4n) is 9.31. The van der Waals surface area contributed by atoms with Crippen LogP contribution in [0, 0.1) is 46.3 Å². The maximum atomic E-state index is 6.28. The quantitative estimate of drug-likeness (QED) is 0.575. The molecule has 28 heavy (non-hydrogen) atoms. The molecule has 4 N–H and O–H groups in total. The van der Waals surface area contributed by atoms with Gasteiger partial charge in [0.2, 0.25) is 0 Å². The molecule has 2 unspecified atom stereocenters. The van der Waals surface area contributed by atoms with Gasteiger partial charge in [0, 0.05) is 6.04 Å². The highest BCUT2D eigenvalue weighted by atomic mass is 14.7. The van der Waals surface area contributed by atoms with Crippen LogP contribution in [0.15, 0.2) is 0 Å². The lowest BCUT2D eigenvalue weighted by molar-refractivity contribution is -0.114. The first kappa shape index (κ1) is 21.2. The van der Waals surface area contributed by atoms with E-state index in [2.05, 4.69) is 20.8 Å². The van der Waals surface area contributed by atoms with Crippen molar-refractivity contribution in [1.82, 2.24) is 0 Å². The van der Waals surface area contributed by atoms with Crippen molar-refractivity contribution in [2.75, 3.05) is 6.54 Å². The number of hydrogen-bond donors (Lipinski definition) is 2. The van der Waals surface area contributed by atoms with Gasteiger partial charge in [-0.05, 0) is 124 Å². The third-order valence-electron chi connectivity index (χ3n) is 10.9. The molecule has 0 bridgehead atoms. The van der Waals surface area contributed by atoms with Crippen LogP contribution in [-0.2, 0) is 0 Å². The van der Waals surface area contributed by atoms with E-state index in [9.17, 15) is 0 Å². The van der Waals surface area contributed by atoms with E-state index in [-0.39, 0.29) is 0 Å². The predicted octanol–water partition coefficient (Wildman–Crippen LogP) is 6.13. The maximum Gasteiger partial charge on any atom is 0.00509 e. The molecule has 0 aromatic rings. The molecule has 9 atom stereocenters. The second-order valence-electron chi connectivity index (χ2n) is 12.0. The van der Waals surface area contributed by atoms with E-state index >= 15 is 0 Å². The summed E-state index contributed by atoms with van der Waals surface area (Å²) in [7, 11) is 0. The fourth-order valence-corrected chi connectivity index (χ4v) is 9.31. The molecule has 0 saturated heterocycles. The third kappa shape index (κ3) is 3.49. The van der Waals surface area contributed by atoms with E-state index in [0.717, 1.165) is 48.5 Å². The topological polar surface area (TPSA) is 52.0 Å². The van der Waals surface area contributed by atoms with Gasteiger partial charge in [-0.25, -0.2) is 0 Å². The minimum absolute atomic E-state index is 0.315. The first-order valence-corrected chi connectivity index (χ1v) is 12.9. The van der Waals surface area contributed by atoms with Crippen LogP contribution in [0.1, 0.15) is 104 Å².